The molecule has 0 bridgehead atoms. The van der Waals surface area contributed by atoms with Gasteiger partial charge in [0, 0.05) is 55.9 Å². The van der Waals surface area contributed by atoms with Crippen LogP contribution in [0.5, 0.6) is 0 Å². The van der Waals surface area contributed by atoms with Gasteiger partial charge in [-0.3, -0.25) is 15.1 Å². The third kappa shape index (κ3) is 7.99. The number of nitro groups is 1. The Kier molecular flexibility index (Phi) is 9.34. The lowest BCUT2D eigenvalue weighted by molar-refractivity contribution is -0.384. The van der Waals surface area contributed by atoms with Crippen molar-refractivity contribution in [3.05, 3.63) is 124 Å². The van der Waals surface area contributed by atoms with Crippen LogP contribution in [0.4, 0.5) is 16.2 Å². The fourth-order valence-electron chi connectivity index (χ4n) is 5.19. The number of carbonyl (C=O) groups is 1. The molecule has 1 fully saturated rings. The Morgan fingerprint density at radius 3 is 2.07 bits per heavy atom. The van der Waals surface area contributed by atoms with Crippen LogP contribution in [-0.2, 0) is 19.6 Å². The number of nitro benzene ring substituents is 1. The lowest BCUT2D eigenvalue weighted by atomic mass is 9.95. The summed E-state index contributed by atoms with van der Waals surface area (Å²) in [5.74, 6) is 0. The van der Waals surface area contributed by atoms with E-state index in [-0.39, 0.29) is 11.7 Å². The summed E-state index contributed by atoms with van der Waals surface area (Å²) in [6.45, 7) is 1.66. The minimum atomic E-state index is -0.465. The van der Waals surface area contributed by atoms with Gasteiger partial charge in [0.2, 0.25) is 0 Å². The van der Waals surface area contributed by atoms with Crippen LogP contribution in [0.2, 0.25) is 0 Å². The maximum absolute atomic E-state index is 13.3. The van der Waals surface area contributed by atoms with Crippen LogP contribution in [0.1, 0.15) is 48.8 Å². The molecular weight excluding hydrogens is 514 g/mol. The molecule has 0 atom stereocenters. The first-order chi connectivity index (χ1) is 20.0. The second kappa shape index (κ2) is 13.7. The molecular formula is C33H35N5O3. The predicted octanol–water partition coefficient (Wildman–Crippen LogP) is 7.31. The average molecular weight is 550 g/mol. The zero-order chi connectivity index (χ0) is 28.4. The van der Waals surface area contributed by atoms with Gasteiger partial charge in [-0.25, -0.2) is 4.79 Å². The number of rotatable bonds is 10. The highest BCUT2D eigenvalue weighted by Crippen LogP contribution is 2.23. The number of aromatic nitrogens is 1. The topological polar surface area (TPSA) is 100 Å². The Hall–Kier alpha value is -4.56. The van der Waals surface area contributed by atoms with Crippen molar-refractivity contribution >= 4 is 17.4 Å². The summed E-state index contributed by atoms with van der Waals surface area (Å²) < 4.78 is 0. The fraction of sp³-hybridized carbons (Fsp3) is 0.273. The van der Waals surface area contributed by atoms with E-state index in [9.17, 15) is 14.9 Å². The largest absolute Gasteiger partial charge is 0.322 e. The monoisotopic (exact) mass is 549 g/mol. The summed E-state index contributed by atoms with van der Waals surface area (Å²) in [6.07, 6.45) is 10.0. The molecule has 1 saturated carbocycles. The second-order valence-electron chi connectivity index (χ2n) is 10.6. The number of benzene rings is 3. The molecule has 0 unspecified atom stereocenters. The zero-order valence-corrected chi connectivity index (χ0v) is 23.0. The van der Waals surface area contributed by atoms with E-state index in [0.717, 1.165) is 28.8 Å². The van der Waals surface area contributed by atoms with Crippen LogP contribution in [0.15, 0.2) is 97.3 Å². The van der Waals surface area contributed by atoms with E-state index in [1.807, 2.05) is 24.3 Å². The number of non-ortho nitro benzene ring substituents is 1. The molecule has 4 aromatic rings. The Balaban J connectivity index is 1.23. The number of urea groups is 1. The normalized spacial score (nSPS) is 13.5. The number of hydrogen-bond acceptors (Lipinski definition) is 5. The predicted molar refractivity (Wildman–Crippen MR) is 161 cm³/mol. The highest BCUT2D eigenvalue weighted by molar-refractivity contribution is 5.89. The van der Waals surface area contributed by atoms with Crippen LogP contribution >= 0.6 is 0 Å². The van der Waals surface area contributed by atoms with Gasteiger partial charge in [0.1, 0.15) is 0 Å². The third-order valence-corrected chi connectivity index (χ3v) is 7.53. The maximum Gasteiger partial charge on any atom is 0.322 e. The second-order valence-corrected chi connectivity index (χ2v) is 10.6. The van der Waals surface area contributed by atoms with E-state index in [0.29, 0.717) is 24.8 Å². The number of carbonyl (C=O) groups excluding carboxylic acids is 1. The average Bonchev–Trinajstić information content (AvgIpc) is 3.01. The Morgan fingerprint density at radius 1 is 0.829 bits per heavy atom. The molecule has 1 aliphatic rings. The van der Waals surface area contributed by atoms with E-state index in [4.69, 9.17) is 0 Å². The standard InChI is InChI=1S/C33H35N5O3/c39-33(36-31-16-18-32(19-17-31)38(40)41)37(24-27-5-4-20-34-21-27)23-26-10-14-29(15-11-26)28-12-8-25(9-13-28)22-35-30-6-2-1-3-7-30/h4-5,8-21,30,35H,1-3,6-7,22-24H2,(H,36,39). The number of pyridine rings is 1. The van der Waals surface area contributed by atoms with E-state index < -0.39 is 4.92 Å². The van der Waals surface area contributed by atoms with Gasteiger partial charge in [-0.15, -0.1) is 0 Å². The Labute approximate surface area is 240 Å². The third-order valence-electron chi connectivity index (χ3n) is 7.53. The van der Waals surface area contributed by atoms with Gasteiger partial charge in [-0.2, -0.15) is 0 Å². The minimum Gasteiger partial charge on any atom is -0.316 e. The van der Waals surface area contributed by atoms with Gasteiger partial charge in [0.15, 0.2) is 0 Å². The molecule has 5 rings (SSSR count). The molecule has 41 heavy (non-hydrogen) atoms. The van der Waals surface area contributed by atoms with Crippen molar-refractivity contribution < 1.29 is 9.72 Å². The molecule has 2 amide bonds. The highest BCUT2D eigenvalue weighted by Gasteiger charge is 2.16. The number of nitrogens with one attached hydrogen (secondary N) is 2. The molecule has 8 heteroatoms. The summed E-state index contributed by atoms with van der Waals surface area (Å²) in [6, 6.07) is 26.9. The minimum absolute atomic E-state index is 0.0268. The molecule has 0 saturated heterocycles. The van der Waals surface area contributed by atoms with Gasteiger partial charge in [0.25, 0.3) is 5.69 Å². The van der Waals surface area contributed by atoms with E-state index in [1.54, 1.807) is 17.3 Å². The smallest absolute Gasteiger partial charge is 0.316 e. The summed E-state index contributed by atoms with van der Waals surface area (Å²) in [5.41, 5.74) is 5.92. The van der Waals surface area contributed by atoms with Crippen molar-refractivity contribution in [1.29, 1.82) is 0 Å². The van der Waals surface area contributed by atoms with Crippen LogP contribution < -0.4 is 10.6 Å². The molecule has 3 aromatic carbocycles. The number of nitrogens with zero attached hydrogens (tertiary/aromatic N) is 3. The van der Waals surface area contributed by atoms with Crippen LogP contribution in [0.3, 0.4) is 0 Å². The Bertz CT molecular complexity index is 1420. The molecule has 1 heterocycles. The molecule has 8 nitrogen and oxygen atoms in total. The quantitative estimate of drug-likeness (QED) is 0.160. The number of hydrogen-bond donors (Lipinski definition) is 2. The Morgan fingerprint density at radius 2 is 1.46 bits per heavy atom. The first-order valence-corrected chi connectivity index (χ1v) is 14.1. The maximum atomic E-state index is 13.3. The van der Waals surface area contributed by atoms with Crippen molar-refractivity contribution in [2.75, 3.05) is 5.32 Å². The van der Waals surface area contributed by atoms with Crippen LogP contribution in [-0.4, -0.2) is 26.9 Å². The van der Waals surface area contributed by atoms with Crippen molar-refractivity contribution in [3.63, 3.8) is 0 Å². The van der Waals surface area contributed by atoms with Crippen molar-refractivity contribution in [3.8, 4) is 11.1 Å². The van der Waals surface area contributed by atoms with Gasteiger partial charge in [-0.05, 0) is 58.9 Å². The summed E-state index contributed by atoms with van der Waals surface area (Å²) in [5, 5.41) is 17.5. The van der Waals surface area contributed by atoms with Gasteiger partial charge in [0.05, 0.1) is 4.92 Å². The lowest BCUT2D eigenvalue weighted by Crippen LogP contribution is -2.34. The molecule has 0 aliphatic heterocycles. The van der Waals surface area contributed by atoms with E-state index in [2.05, 4.69) is 52.0 Å². The summed E-state index contributed by atoms with van der Waals surface area (Å²) in [4.78, 5) is 29.6. The molecule has 0 spiro atoms. The van der Waals surface area contributed by atoms with Crippen LogP contribution in [0.25, 0.3) is 11.1 Å². The van der Waals surface area contributed by atoms with Gasteiger partial charge >= 0.3 is 6.03 Å². The van der Waals surface area contributed by atoms with Crippen molar-refractivity contribution in [1.82, 2.24) is 15.2 Å². The first-order valence-electron chi connectivity index (χ1n) is 14.1. The number of anilines is 1. The summed E-state index contributed by atoms with van der Waals surface area (Å²) in [7, 11) is 0. The lowest BCUT2D eigenvalue weighted by Gasteiger charge is -2.23. The van der Waals surface area contributed by atoms with E-state index in [1.165, 1.54) is 61.9 Å². The van der Waals surface area contributed by atoms with E-state index >= 15 is 0 Å². The summed E-state index contributed by atoms with van der Waals surface area (Å²) >= 11 is 0. The van der Waals surface area contributed by atoms with Gasteiger partial charge in [-0.1, -0.05) is 73.9 Å². The SMILES string of the molecule is O=C(Nc1ccc([N+](=O)[O-])cc1)N(Cc1ccc(-c2ccc(CNC3CCCCC3)cc2)cc1)Cc1cccnc1. The van der Waals surface area contributed by atoms with Crippen molar-refractivity contribution in [2.24, 2.45) is 0 Å². The number of amides is 2. The zero-order valence-electron chi connectivity index (χ0n) is 23.0. The van der Waals surface area contributed by atoms with Crippen LogP contribution in [0, 0.1) is 10.1 Å². The molecule has 210 valence electrons. The molecule has 0 radical (unpaired) electrons. The fourth-order valence-corrected chi connectivity index (χ4v) is 5.19. The molecule has 2 N–H and O–H groups in total. The molecule has 1 aliphatic carbocycles. The van der Waals surface area contributed by atoms with Crippen molar-refractivity contribution in [2.45, 2.75) is 57.8 Å². The first kappa shape index (κ1) is 28.0. The van der Waals surface area contributed by atoms with Gasteiger partial charge < -0.3 is 15.5 Å². The highest BCUT2D eigenvalue weighted by atomic mass is 16.6. The molecule has 1 aromatic heterocycles.